The van der Waals surface area contributed by atoms with Gasteiger partial charge in [-0.3, -0.25) is 4.79 Å². The number of hydrogen-bond acceptors (Lipinski definition) is 6. The van der Waals surface area contributed by atoms with Crippen LogP contribution in [0.1, 0.15) is 79.0 Å². The van der Waals surface area contributed by atoms with Crippen LogP contribution in [0.3, 0.4) is 0 Å². The number of likely N-dealkylation sites (tertiary alicyclic amines) is 2. The van der Waals surface area contributed by atoms with Crippen LogP contribution in [-0.2, 0) is 16.6 Å². The normalized spacial score (nSPS) is 22.8. The molecule has 2 saturated heterocycles. The summed E-state index contributed by atoms with van der Waals surface area (Å²) in [6, 6.07) is 20.6. The number of amides is 1. The Hall–Kier alpha value is -3.55. The fourth-order valence-corrected chi connectivity index (χ4v) is 6.87. The molecule has 2 aliphatic heterocycles. The van der Waals surface area contributed by atoms with Crippen molar-refractivity contribution in [2.24, 2.45) is 0 Å². The van der Waals surface area contributed by atoms with E-state index < -0.39 is 0 Å². The van der Waals surface area contributed by atoms with E-state index in [-0.39, 0.29) is 16.9 Å². The van der Waals surface area contributed by atoms with E-state index in [0.717, 1.165) is 88.5 Å². The number of hydrogen-bond donors (Lipinski definition) is 0. The lowest BCUT2D eigenvalue weighted by molar-refractivity contribution is 0.0502. The van der Waals surface area contributed by atoms with Crippen LogP contribution in [0.5, 0.6) is 0 Å². The summed E-state index contributed by atoms with van der Waals surface area (Å²) in [6.45, 7) is 6.81. The molecule has 1 aliphatic carbocycles. The Kier molecular flexibility index (Phi) is 8.91. The third-order valence-corrected chi connectivity index (χ3v) is 9.99. The number of aromatic nitrogens is 2. The zero-order valence-corrected chi connectivity index (χ0v) is 25.6. The van der Waals surface area contributed by atoms with Crippen molar-refractivity contribution in [2.45, 2.75) is 68.8 Å². The van der Waals surface area contributed by atoms with E-state index in [4.69, 9.17) is 14.2 Å². The molecule has 226 valence electrons. The average molecular weight is 581 g/mol. The molecule has 2 fully saturated rings. The summed E-state index contributed by atoms with van der Waals surface area (Å²) in [4.78, 5) is 22.6. The molecule has 0 N–H and O–H groups in total. The van der Waals surface area contributed by atoms with E-state index in [2.05, 4.69) is 65.5 Å². The van der Waals surface area contributed by atoms with Crippen LogP contribution in [0.2, 0.25) is 0 Å². The van der Waals surface area contributed by atoms with Crippen LogP contribution < -0.4 is 0 Å². The molecule has 1 unspecified atom stereocenters. The van der Waals surface area contributed by atoms with Crippen molar-refractivity contribution in [3.8, 4) is 0 Å². The van der Waals surface area contributed by atoms with E-state index in [1.165, 1.54) is 11.1 Å². The van der Waals surface area contributed by atoms with E-state index in [1.54, 1.807) is 7.11 Å². The minimum Gasteiger partial charge on any atom is -0.374 e. The smallest absolute Gasteiger partial charge is 0.253 e. The second-order valence-electron chi connectivity index (χ2n) is 12.7. The standard InChI is InChI=1S/C36H44N4O3/c1-35(42-2)17-13-28(14-18-35)27-32-37-33(43-38-32)29-15-22-39(23-16-29)24-19-36(31-11-7-4-8-12-31)20-25-40(26-21-36)34(41)30-9-5-3-6-10-30/h3-14,17,29H,15-16,18-27H2,1-2H3. The number of allylic oxidation sites excluding steroid dienone is 2. The fraction of sp³-hybridized carbons (Fsp3) is 0.472. The van der Waals surface area contributed by atoms with Gasteiger partial charge in [0.05, 0.1) is 5.60 Å². The van der Waals surface area contributed by atoms with E-state index in [1.807, 2.05) is 35.2 Å². The summed E-state index contributed by atoms with van der Waals surface area (Å²) >= 11 is 0. The summed E-state index contributed by atoms with van der Waals surface area (Å²) in [5, 5.41) is 4.31. The maximum atomic E-state index is 13.1. The molecule has 0 spiro atoms. The molecule has 1 aromatic heterocycles. The Bertz CT molecular complexity index is 1420. The summed E-state index contributed by atoms with van der Waals surface area (Å²) in [7, 11) is 1.75. The molecule has 3 aromatic rings. The zero-order valence-electron chi connectivity index (χ0n) is 25.6. The van der Waals surface area contributed by atoms with Crippen LogP contribution in [0.25, 0.3) is 0 Å². The van der Waals surface area contributed by atoms with Crippen LogP contribution >= 0.6 is 0 Å². The maximum Gasteiger partial charge on any atom is 0.253 e. The quantitative estimate of drug-likeness (QED) is 0.294. The second kappa shape index (κ2) is 13.0. The number of piperidine rings is 2. The molecule has 0 saturated carbocycles. The molecule has 0 bridgehead atoms. The van der Waals surface area contributed by atoms with Crippen molar-refractivity contribution < 1.29 is 14.1 Å². The zero-order chi connectivity index (χ0) is 29.7. The highest BCUT2D eigenvalue weighted by atomic mass is 16.5. The summed E-state index contributed by atoms with van der Waals surface area (Å²) < 4.78 is 11.3. The van der Waals surface area contributed by atoms with Crippen molar-refractivity contribution in [3.05, 3.63) is 107 Å². The minimum absolute atomic E-state index is 0.0932. The lowest BCUT2D eigenvalue weighted by Crippen LogP contribution is -2.47. The first-order valence-corrected chi connectivity index (χ1v) is 15.8. The molecule has 0 radical (unpaired) electrons. The van der Waals surface area contributed by atoms with Gasteiger partial charge in [-0.05, 0) is 93.8 Å². The van der Waals surface area contributed by atoms with Crippen molar-refractivity contribution in [3.63, 3.8) is 0 Å². The fourth-order valence-electron chi connectivity index (χ4n) is 6.87. The number of rotatable bonds is 9. The lowest BCUT2D eigenvalue weighted by atomic mass is 9.70. The van der Waals surface area contributed by atoms with Crippen LogP contribution in [-0.4, -0.2) is 71.3 Å². The molecule has 1 amide bonds. The monoisotopic (exact) mass is 580 g/mol. The number of carbonyl (C=O) groups is 1. The molecule has 43 heavy (non-hydrogen) atoms. The van der Waals surface area contributed by atoms with Crippen LogP contribution in [0.15, 0.2) is 89.0 Å². The van der Waals surface area contributed by atoms with Gasteiger partial charge in [0, 0.05) is 38.1 Å². The van der Waals surface area contributed by atoms with E-state index >= 15 is 0 Å². The van der Waals surface area contributed by atoms with Gasteiger partial charge in [-0.2, -0.15) is 4.98 Å². The molecular weight excluding hydrogens is 536 g/mol. The van der Waals surface area contributed by atoms with Gasteiger partial charge in [0.2, 0.25) is 5.89 Å². The van der Waals surface area contributed by atoms with E-state index in [0.29, 0.717) is 12.3 Å². The maximum absolute atomic E-state index is 13.1. The predicted molar refractivity (Wildman–Crippen MR) is 168 cm³/mol. The van der Waals surface area contributed by atoms with Gasteiger partial charge in [0.1, 0.15) is 0 Å². The highest BCUT2D eigenvalue weighted by Gasteiger charge is 2.38. The molecular formula is C36H44N4O3. The molecule has 7 heteroatoms. The topological polar surface area (TPSA) is 71.7 Å². The predicted octanol–water partition coefficient (Wildman–Crippen LogP) is 6.35. The van der Waals surface area contributed by atoms with Crippen LogP contribution in [0, 0.1) is 0 Å². The number of benzene rings is 2. The first kappa shape index (κ1) is 29.5. The molecule has 3 aliphatic rings. The molecule has 2 aromatic carbocycles. The van der Waals surface area contributed by atoms with Gasteiger partial charge in [0.25, 0.3) is 5.91 Å². The Morgan fingerprint density at radius 3 is 2.35 bits per heavy atom. The van der Waals surface area contributed by atoms with Crippen molar-refractivity contribution >= 4 is 5.91 Å². The summed E-state index contributed by atoms with van der Waals surface area (Å²) in [5.41, 5.74) is 3.27. The first-order valence-electron chi connectivity index (χ1n) is 15.8. The SMILES string of the molecule is COC1(C)C=CC(Cc2noc(C3CCN(CCC4(c5ccccc5)CCN(C(=O)c5ccccc5)CC4)CC3)n2)=CC1. The third kappa shape index (κ3) is 6.84. The van der Waals surface area contributed by atoms with Crippen LogP contribution in [0.4, 0.5) is 0 Å². The summed E-state index contributed by atoms with van der Waals surface area (Å²) in [5.74, 6) is 2.01. The summed E-state index contributed by atoms with van der Waals surface area (Å²) in [6.07, 6.45) is 13.2. The molecule has 6 rings (SSSR count). The van der Waals surface area contributed by atoms with Gasteiger partial charge in [-0.1, -0.05) is 71.9 Å². The second-order valence-corrected chi connectivity index (χ2v) is 12.7. The number of carbonyl (C=O) groups excluding carboxylic acids is 1. The van der Waals surface area contributed by atoms with Gasteiger partial charge >= 0.3 is 0 Å². The Morgan fingerprint density at radius 2 is 1.70 bits per heavy atom. The van der Waals surface area contributed by atoms with E-state index in [9.17, 15) is 4.79 Å². The largest absolute Gasteiger partial charge is 0.374 e. The Balaban J connectivity index is 1.02. The van der Waals surface area contributed by atoms with Gasteiger partial charge < -0.3 is 19.1 Å². The van der Waals surface area contributed by atoms with Gasteiger partial charge in [-0.15, -0.1) is 0 Å². The Labute approximate surface area is 255 Å². The van der Waals surface area contributed by atoms with Crippen molar-refractivity contribution in [1.29, 1.82) is 0 Å². The number of methoxy groups -OCH3 is 1. The first-order chi connectivity index (χ1) is 21.0. The van der Waals surface area contributed by atoms with Crippen molar-refractivity contribution in [2.75, 3.05) is 39.8 Å². The molecule has 1 atom stereocenters. The highest BCUT2D eigenvalue weighted by Crippen LogP contribution is 2.40. The number of nitrogens with zero attached hydrogens (tertiary/aromatic N) is 4. The molecule has 7 nitrogen and oxygen atoms in total. The van der Waals surface area contributed by atoms with Crippen molar-refractivity contribution in [1.82, 2.24) is 19.9 Å². The Morgan fingerprint density at radius 1 is 1.00 bits per heavy atom. The van der Waals surface area contributed by atoms with Gasteiger partial charge in [0.15, 0.2) is 5.82 Å². The number of ether oxygens (including phenoxy) is 1. The minimum atomic E-state index is -0.223. The highest BCUT2D eigenvalue weighted by molar-refractivity contribution is 5.94. The average Bonchev–Trinajstić information content (AvgIpc) is 3.54. The molecule has 3 heterocycles. The van der Waals surface area contributed by atoms with Gasteiger partial charge in [-0.25, -0.2) is 0 Å². The lowest BCUT2D eigenvalue weighted by Gasteiger charge is -2.44. The third-order valence-electron chi connectivity index (χ3n) is 9.99.